The molecule has 0 saturated carbocycles. The normalized spacial score (nSPS) is 18.9. The van der Waals surface area contributed by atoms with Gasteiger partial charge in [-0.05, 0) is 43.0 Å². The molecule has 9 heteroatoms. The molecular weight excluding hydrogens is 424 g/mol. The van der Waals surface area contributed by atoms with Crippen molar-refractivity contribution < 1.29 is 13.2 Å². The monoisotopic (exact) mass is 450 g/mol. The molecule has 0 radical (unpaired) electrons. The van der Waals surface area contributed by atoms with Crippen molar-refractivity contribution in [3.63, 3.8) is 0 Å². The van der Waals surface area contributed by atoms with Crippen molar-refractivity contribution in [1.29, 1.82) is 0 Å². The molecule has 2 aromatic rings. The first-order valence-corrected chi connectivity index (χ1v) is 12.1. The van der Waals surface area contributed by atoms with Crippen LogP contribution in [0.3, 0.4) is 0 Å². The summed E-state index contributed by atoms with van der Waals surface area (Å²) in [5, 5.41) is 0.243. The molecular formula is C21H27ClN4O3S. The van der Waals surface area contributed by atoms with E-state index in [9.17, 15) is 13.2 Å². The number of carbonyl (C=O) groups excluding carboxylic acids is 1. The minimum absolute atomic E-state index is 0.178. The maximum atomic E-state index is 12.7. The van der Waals surface area contributed by atoms with Gasteiger partial charge in [0.1, 0.15) is 0 Å². The van der Waals surface area contributed by atoms with Gasteiger partial charge >= 0.3 is 0 Å². The van der Waals surface area contributed by atoms with E-state index in [0.717, 1.165) is 25.5 Å². The molecule has 1 heterocycles. The average molecular weight is 451 g/mol. The molecule has 1 aliphatic heterocycles. The lowest BCUT2D eigenvalue weighted by molar-refractivity contribution is 0.0791. The first-order valence-electron chi connectivity index (χ1n) is 9.82. The summed E-state index contributed by atoms with van der Waals surface area (Å²) in [5.41, 5.74) is 8.53. The van der Waals surface area contributed by atoms with Crippen LogP contribution < -0.4 is 15.6 Å². The number of amides is 1. The van der Waals surface area contributed by atoms with Gasteiger partial charge in [-0.15, -0.1) is 0 Å². The van der Waals surface area contributed by atoms with E-state index >= 15 is 0 Å². The van der Waals surface area contributed by atoms with Gasteiger partial charge in [0.15, 0.2) is 0 Å². The van der Waals surface area contributed by atoms with Crippen LogP contribution in [0.5, 0.6) is 0 Å². The number of carbonyl (C=O) groups is 1. The third kappa shape index (κ3) is 6.18. The highest BCUT2D eigenvalue weighted by Crippen LogP contribution is 2.25. The summed E-state index contributed by atoms with van der Waals surface area (Å²) < 4.78 is 25.3. The third-order valence-corrected chi connectivity index (χ3v) is 6.01. The fourth-order valence-corrected chi connectivity index (χ4v) is 4.34. The van der Waals surface area contributed by atoms with Crippen LogP contribution in [0.2, 0.25) is 5.02 Å². The van der Waals surface area contributed by atoms with Gasteiger partial charge in [-0.2, -0.15) is 0 Å². The second-order valence-electron chi connectivity index (χ2n) is 7.62. The Morgan fingerprint density at radius 3 is 2.63 bits per heavy atom. The van der Waals surface area contributed by atoms with Gasteiger partial charge < -0.3 is 4.90 Å². The second-order valence-corrected chi connectivity index (χ2v) is 9.78. The number of halogens is 1. The van der Waals surface area contributed by atoms with E-state index in [2.05, 4.69) is 27.7 Å². The van der Waals surface area contributed by atoms with Crippen LogP contribution in [0.4, 0.5) is 5.69 Å². The summed E-state index contributed by atoms with van der Waals surface area (Å²) in [6.07, 6.45) is 3.83. The van der Waals surface area contributed by atoms with Crippen LogP contribution in [-0.4, -0.2) is 45.1 Å². The standard InChI is InChI=1S/C21H27ClN4O3S/c1-26(21(27)16-10-11-18(22)20(13-16)25-30(2,28)29)12-6-9-17-14-19(24-23-17)15-7-4-3-5-8-15/h3-5,7-8,10-11,13,17,19,23-25H,6,9,12,14H2,1-2H3. The molecule has 2 aromatic carbocycles. The predicted molar refractivity (Wildman–Crippen MR) is 120 cm³/mol. The van der Waals surface area contributed by atoms with E-state index in [1.54, 1.807) is 18.0 Å². The fourth-order valence-electron chi connectivity index (χ4n) is 3.55. The first-order chi connectivity index (χ1) is 14.2. The smallest absolute Gasteiger partial charge is 0.253 e. The van der Waals surface area contributed by atoms with Crippen LogP contribution in [0.1, 0.15) is 41.2 Å². The number of anilines is 1. The van der Waals surface area contributed by atoms with E-state index in [4.69, 9.17) is 11.6 Å². The van der Waals surface area contributed by atoms with Crippen LogP contribution in [0.25, 0.3) is 0 Å². The number of nitrogens with zero attached hydrogens (tertiary/aromatic N) is 1. The summed E-state index contributed by atoms with van der Waals surface area (Å²) in [6, 6.07) is 15.6. The van der Waals surface area contributed by atoms with E-state index in [1.165, 1.54) is 17.7 Å². The Hall–Kier alpha value is -2.13. The Morgan fingerprint density at radius 2 is 1.93 bits per heavy atom. The molecule has 30 heavy (non-hydrogen) atoms. The van der Waals surface area contributed by atoms with Gasteiger partial charge in [0.25, 0.3) is 5.91 Å². The second kappa shape index (κ2) is 9.78. The molecule has 1 amide bonds. The van der Waals surface area contributed by atoms with Gasteiger partial charge in [-0.25, -0.2) is 8.42 Å². The summed E-state index contributed by atoms with van der Waals surface area (Å²) in [4.78, 5) is 14.4. The van der Waals surface area contributed by atoms with Crippen molar-refractivity contribution >= 4 is 33.2 Å². The predicted octanol–water partition coefficient (Wildman–Crippen LogP) is 3.17. The zero-order valence-electron chi connectivity index (χ0n) is 17.1. The van der Waals surface area contributed by atoms with Gasteiger partial charge in [0.2, 0.25) is 10.0 Å². The molecule has 0 bridgehead atoms. The maximum absolute atomic E-state index is 12.7. The highest BCUT2D eigenvalue weighted by atomic mass is 35.5. The van der Waals surface area contributed by atoms with Gasteiger partial charge in [0, 0.05) is 31.2 Å². The zero-order chi connectivity index (χ0) is 21.7. The molecule has 1 fully saturated rings. The SMILES string of the molecule is CN(CCCC1CC(c2ccccc2)NN1)C(=O)c1ccc(Cl)c(NS(C)(=O)=O)c1. The van der Waals surface area contributed by atoms with Crippen molar-refractivity contribution in [1.82, 2.24) is 15.8 Å². The lowest BCUT2D eigenvalue weighted by Gasteiger charge is -2.19. The first kappa shape index (κ1) is 22.6. The fraction of sp³-hybridized carbons (Fsp3) is 0.381. The van der Waals surface area contributed by atoms with Gasteiger partial charge in [-0.3, -0.25) is 20.4 Å². The van der Waals surface area contributed by atoms with E-state index in [-0.39, 0.29) is 16.6 Å². The van der Waals surface area contributed by atoms with Crippen LogP contribution in [0, 0.1) is 0 Å². The van der Waals surface area contributed by atoms with Crippen molar-refractivity contribution in [2.45, 2.75) is 31.3 Å². The van der Waals surface area contributed by atoms with Crippen LogP contribution in [0.15, 0.2) is 48.5 Å². The Morgan fingerprint density at radius 1 is 1.20 bits per heavy atom. The van der Waals surface area contributed by atoms with Crippen molar-refractivity contribution in [2.75, 3.05) is 24.6 Å². The summed E-state index contributed by atoms with van der Waals surface area (Å²) >= 11 is 6.03. The summed E-state index contributed by atoms with van der Waals surface area (Å²) in [6.45, 7) is 0.602. The molecule has 7 nitrogen and oxygen atoms in total. The molecule has 3 rings (SSSR count). The van der Waals surface area contributed by atoms with E-state index in [1.807, 2.05) is 18.2 Å². The molecule has 0 spiro atoms. The molecule has 0 aliphatic carbocycles. The number of hydrogen-bond acceptors (Lipinski definition) is 5. The number of rotatable bonds is 8. The number of hydrazine groups is 1. The molecule has 0 aromatic heterocycles. The highest BCUT2D eigenvalue weighted by molar-refractivity contribution is 7.92. The zero-order valence-corrected chi connectivity index (χ0v) is 18.6. The van der Waals surface area contributed by atoms with Crippen molar-refractivity contribution in [3.8, 4) is 0 Å². The van der Waals surface area contributed by atoms with Gasteiger partial charge in [-0.1, -0.05) is 41.9 Å². The third-order valence-electron chi connectivity index (χ3n) is 5.09. The summed E-state index contributed by atoms with van der Waals surface area (Å²) in [5.74, 6) is -0.178. The summed E-state index contributed by atoms with van der Waals surface area (Å²) in [7, 11) is -1.74. The van der Waals surface area contributed by atoms with Crippen LogP contribution >= 0.6 is 11.6 Å². The quantitative estimate of drug-likeness (QED) is 0.574. The highest BCUT2D eigenvalue weighted by Gasteiger charge is 2.24. The Labute approximate surface area is 182 Å². The Kier molecular flexibility index (Phi) is 7.36. The average Bonchev–Trinajstić information content (AvgIpc) is 3.17. The number of hydrogen-bond donors (Lipinski definition) is 3. The van der Waals surface area contributed by atoms with E-state index in [0.29, 0.717) is 24.2 Å². The Balaban J connectivity index is 1.50. The van der Waals surface area contributed by atoms with E-state index < -0.39 is 10.0 Å². The minimum atomic E-state index is -3.48. The molecule has 1 saturated heterocycles. The molecule has 162 valence electrons. The molecule has 2 atom stereocenters. The number of sulfonamides is 1. The van der Waals surface area contributed by atoms with Gasteiger partial charge in [0.05, 0.1) is 17.0 Å². The number of nitrogens with one attached hydrogen (secondary N) is 3. The molecule has 1 aliphatic rings. The number of benzene rings is 2. The minimum Gasteiger partial charge on any atom is -0.342 e. The topological polar surface area (TPSA) is 90.5 Å². The lowest BCUT2D eigenvalue weighted by Crippen LogP contribution is -2.32. The molecule has 2 unspecified atom stereocenters. The van der Waals surface area contributed by atoms with Crippen LogP contribution in [-0.2, 0) is 10.0 Å². The molecule has 3 N–H and O–H groups in total. The Bertz CT molecular complexity index is 985. The maximum Gasteiger partial charge on any atom is 0.253 e. The lowest BCUT2D eigenvalue weighted by atomic mass is 10.00. The van der Waals surface area contributed by atoms with Crippen molar-refractivity contribution in [2.24, 2.45) is 0 Å². The van der Waals surface area contributed by atoms with Crippen molar-refractivity contribution in [3.05, 3.63) is 64.7 Å². The largest absolute Gasteiger partial charge is 0.342 e.